The molecule has 1 aromatic rings. The number of hydrogen-bond acceptors (Lipinski definition) is 3. The quantitative estimate of drug-likeness (QED) is 0.823. The predicted molar refractivity (Wildman–Crippen MR) is 88.5 cm³/mol. The van der Waals surface area contributed by atoms with E-state index in [9.17, 15) is 0 Å². The summed E-state index contributed by atoms with van der Waals surface area (Å²) in [6, 6.07) is 4.77. The molecule has 1 aromatic heterocycles. The summed E-state index contributed by atoms with van der Waals surface area (Å²) in [6.07, 6.45) is 4.43. The van der Waals surface area contributed by atoms with Crippen molar-refractivity contribution < 1.29 is 0 Å². The molecule has 0 aromatic carbocycles. The van der Waals surface area contributed by atoms with Crippen molar-refractivity contribution in [2.24, 2.45) is 0 Å². The fourth-order valence-corrected chi connectivity index (χ4v) is 2.65. The number of piperazine rings is 1. The molecule has 1 N–H and O–H groups in total. The van der Waals surface area contributed by atoms with Crippen molar-refractivity contribution in [1.29, 1.82) is 0 Å². The lowest BCUT2D eigenvalue weighted by Gasteiger charge is -2.35. The Bertz CT molecular complexity index is 342. The van der Waals surface area contributed by atoms with Gasteiger partial charge in [-0.3, -0.25) is 4.90 Å². The monoisotopic (exact) mass is 369 g/mol. The van der Waals surface area contributed by atoms with Gasteiger partial charge in [0.15, 0.2) is 0 Å². The van der Waals surface area contributed by atoms with Gasteiger partial charge < -0.3 is 5.32 Å². The van der Waals surface area contributed by atoms with Crippen LogP contribution in [0.4, 0.5) is 0 Å². The first-order valence-corrected chi connectivity index (χ1v) is 7.16. The second-order valence-corrected chi connectivity index (χ2v) is 5.32. The summed E-state index contributed by atoms with van der Waals surface area (Å²) in [5.74, 6) is 0. The minimum atomic E-state index is 0. The molecule has 1 aliphatic rings. The first kappa shape index (κ1) is 19.1. The largest absolute Gasteiger partial charge is 0.314 e. The maximum Gasteiger partial charge on any atom is 0.106 e. The van der Waals surface area contributed by atoms with Crippen molar-refractivity contribution in [1.82, 2.24) is 15.2 Å². The molecule has 19 heavy (non-hydrogen) atoms. The van der Waals surface area contributed by atoms with Crippen molar-refractivity contribution in [3.8, 4) is 0 Å². The van der Waals surface area contributed by atoms with Crippen molar-refractivity contribution in [2.45, 2.75) is 25.8 Å². The number of pyridine rings is 1. The van der Waals surface area contributed by atoms with Crippen molar-refractivity contribution >= 4 is 40.7 Å². The highest BCUT2D eigenvalue weighted by Gasteiger charge is 2.21. The molecule has 2 heterocycles. The van der Waals surface area contributed by atoms with Gasteiger partial charge >= 0.3 is 0 Å². The highest BCUT2D eigenvalue weighted by atomic mass is 79.9. The van der Waals surface area contributed by atoms with Gasteiger partial charge in [-0.15, -0.1) is 24.8 Å². The minimum Gasteiger partial charge on any atom is -0.314 e. The minimum absolute atomic E-state index is 0. The SMILES string of the molecule is CCC[C@@H](c1ccc(Br)nc1)N1CCNCC1.Cl.Cl. The van der Waals surface area contributed by atoms with E-state index in [0.717, 1.165) is 30.8 Å². The van der Waals surface area contributed by atoms with E-state index in [1.807, 2.05) is 12.3 Å². The van der Waals surface area contributed by atoms with E-state index in [4.69, 9.17) is 0 Å². The lowest BCUT2D eigenvalue weighted by Crippen LogP contribution is -2.45. The van der Waals surface area contributed by atoms with Gasteiger partial charge in [0.1, 0.15) is 4.60 Å². The maximum atomic E-state index is 4.35. The highest BCUT2D eigenvalue weighted by molar-refractivity contribution is 9.10. The molecule has 1 fully saturated rings. The van der Waals surface area contributed by atoms with Gasteiger partial charge in [-0.05, 0) is 34.0 Å². The van der Waals surface area contributed by atoms with Crippen molar-refractivity contribution in [2.75, 3.05) is 26.2 Å². The van der Waals surface area contributed by atoms with Gasteiger partial charge in [0.05, 0.1) is 0 Å². The number of nitrogens with one attached hydrogen (secondary N) is 1. The van der Waals surface area contributed by atoms with Crippen LogP contribution in [0.1, 0.15) is 31.4 Å². The zero-order chi connectivity index (χ0) is 12.1. The molecule has 6 heteroatoms. The summed E-state index contributed by atoms with van der Waals surface area (Å²) in [5, 5.41) is 3.41. The molecule has 0 radical (unpaired) electrons. The van der Waals surface area contributed by atoms with Gasteiger partial charge in [-0.25, -0.2) is 4.98 Å². The average molecular weight is 371 g/mol. The van der Waals surface area contributed by atoms with Gasteiger partial charge in [0.2, 0.25) is 0 Å². The van der Waals surface area contributed by atoms with E-state index in [1.165, 1.54) is 18.4 Å². The fourth-order valence-electron chi connectivity index (χ4n) is 2.41. The van der Waals surface area contributed by atoms with Crippen LogP contribution in [0.25, 0.3) is 0 Å². The molecule has 3 nitrogen and oxygen atoms in total. The summed E-state index contributed by atoms with van der Waals surface area (Å²) < 4.78 is 0.914. The van der Waals surface area contributed by atoms with Crippen molar-refractivity contribution in [3.63, 3.8) is 0 Å². The molecule has 0 bridgehead atoms. The first-order valence-electron chi connectivity index (χ1n) is 6.37. The Kier molecular flexibility index (Phi) is 10.0. The van der Waals surface area contributed by atoms with Crippen LogP contribution in [0.3, 0.4) is 0 Å². The standard InChI is InChI=1S/C13H20BrN3.2ClH/c1-2-3-12(17-8-6-15-7-9-17)11-4-5-13(14)16-10-11;;/h4-5,10,12,15H,2-3,6-9H2,1H3;2*1H/t12-;;/m0../s1. The third-order valence-electron chi connectivity index (χ3n) is 3.29. The van der Waals surface area contributed by atoms with Crippen LogP contribution >= 0.6 is 40.7 Å². The van der Waals surface area contributed by atoms with E-state index in [1.54, 1.807) is 0 Å². The number of halogens is 3. The van der Waals surface area contributed by atoms with Crippen LogP contribution in [-0.4, -0.2) is 36.1 Å². The van der Waals surface area contributed by atoms with Crippen LogP contribution in [0, 0.1) is 0 Å². The van der Waals surface area contributed by atoms with Gasteiger partial charge in [-0.1, -0.05) is 19.4 Å². The second kappa shape index (κ2) is 9.94. The Morgan fingerprint density at radius 1 is 1.32 bits per heavy atom. The molecule has 0 aliphatic carbocycles. The third-order valence-corrected chi connectivity index (χ3v) is 3.76. The average Bonchev–Trinajstić information content (AvgIpc) is 2.38. The zero-order valence-electron chi connectivity index (χ0n) is 11.1. The molecule has 0 spiro atoms. The predicted octanol–water partition coefficient (Wildman–Crippen LogP) is 3.43. The van der Waals surface area contributed by atoms with Gasteiger partial charge in [0, 0.05) is 38.4 Å². The third kappa shape index (κ3) is 5.56. The number of aromatic nitrogens is 1. The van der Waals surface area contributed by atoms with Gasteiger partial charge in [0.25, 0.3) is 0 Å². The van der Waals surface area contributed by atoms with E-state index in [0.29, 0.717) is 6.04 Å². The fraction of sp³-hybridized carbons (Fsp3) is 0.615. The second-order valence-electron chi connectivity index (χ2n) is 4.50. The first-order chi connectivity index (χ1) is 8.31. The van der Waals surface area contributed by atoms with Crippen LogP contribution in [0.2, 0.25) is 0 Å². The van der Waals surface area contributed by atoms with Crippen LogP contribution < -0.4 is 5.32 Å². The molecule has 1 atom stereocenters. The Hall–Kier alpha value is 0.130. The van der Waals surface area contributed by atoms with Crippen LogP contribution in [-0.2, 0) is 0 Å². The molecular weight excluding hydrogens is 349 g/mol. The summed E-state index contributed by atoms with van der Waals surface area (Å²) in [4.78, 5) is 6.93. The molecule has 0 amide bonds. The van der Waals surface area contributed by atoms with Crippen LogP contribution in [0.15, 0.2) is 22.9 Å². The molecule has 0 unspecified atom stereocenters. The van der Waals surface area contributed by atoms with Crippen LogP contribution in [0.5, 0.6) is 0 Å². The van der Waals surface area contributed by atoms with E-state index < -0.39 is 0 Å². The molecule has 2 rings (SSSR count). The van der Waals surface area contributed by atoms with E-state index in [-0.39, 0.29) is 24.8 Å². The van der Waals surface area contributed by atoms with E-state index in [2.05, 4.69) is 44.1 Å². The molecule has 1 saturated heterocycles. The Morgan fingerprint density at radius 2 is 2.00 bits per heavy atom. The summed E-state index contributed by atoms with van der Waals surface area (Å²) in [7, 11) is 0. The molecule has 1 aliphatic heterocycles. The number of nitrogens with zero attached hydrogens (tertiary/aromatic N) is 2. The highest BCUT2D eigenvalue weighted by Crippen LogP contribution is 2.26. The molecular formula is C13H22BrCl2N3. The summed E-state index contributed by atoms with van der Waals surface area (Å²) >= 11 is 3.39. The normalized spacial score (nSPS) is 17.2. The Labute approximate surface area is 136 Å². The number of rotatable bonds is 4. The van der Waals surface area contributed by atoms with E-state index >= 15 is 0 Å². The summed E-state index contributed by atoms with van der Waals surface area (Å²) in [6.45, 7) is 6.73. The molecule has 0 saturated carbocycles. The zero-order valence-corrected chi connectivity index (χ0v) is 14.4. The lowest BCUT2D eigenvalue weighted by molar-refractivity contribution is 0.164. The maximum absolute atomic E-state index is 4.35. The lowest BCUT2D eigenvalue weighted by atomic mass is 10.0. The summed E-state index contributed by atoms with van der Waals surface area (Å²) in [5.41, 5.74) is 1.34. The Morgan fingerprint density at radius 3 is 2.53 bits per heavy atom. The topological polar surface area (TPSA) is 28.2 Å². The number of hydrogen-bond donors (Lipinski definition) is 1. The van der Waals surface area contributed by atoms with Gasteiger partial charge in [-0.2, -0.15) is 0 Å². The smallest absolute Gasteiger partial charge is 0.106 e. The van der Waals surface area contributed by atoms with Crippen molar-refractivity contribution in [3.05, 3.63) is 28.5 Å². The Balaban J connectivity index is 0.00000162. The molecule has 110 valence electrons.